The van der Waals surface area contributed by atoms with Gasteiger partial charge in [-0.05, 0) is 36.4 Å². The van der Waals surface area contributed by atoms with Crippen molar-refractivity contribution in [3.8, 4) is 0 Å². The van der Waals surface area contributed by atoms with Crippen LogP contribution in [0.4, 0.5) is 0 Å². The summed E-state index contributed by atoms with van der Waals surface area (Å²) < 4.78 is 6.72. The molecule has 0 N–H and O–H groups in total. The lowest BCUT2D eigenvalue weighted by atomic mass is 9.65. The summed E-state index contributed by atoms with van der Waals surface area (Å²) >= 11 is 0. The largest absolute Gasteiger partial charge is 0.413 e. The highest BCUT2D eigenvalue weighted by atomic mass is 28.4. The van der Waals surface area contributed by atoms with E-state index < -0.39 is 8.32 Å². The summed E-state index contributed by atoms with van der Waals surface area (Å²) in [5.74, 6) is 0.623. The van der Waals surface area contributed by atoms with Crippen LogP contribution >= 0.6 is 0 Å². The first kappa shape index (κ1) is 19.8. The Hall–Kier alpha value is -0.483. The van der Waals surface area contributed by atoms with Crippen molar-refractivity contribution in [3.63, 3.8) is 0 Å². The van der Waals surface area contributed by atoms with Crippen LogP contribution in [0, 0.1) is 16.7 Å². The van der Waals surface area contributed by atoms with Gasteiger partial charge in [0.25, 0.3) is 0 Å². The van der Waals surface area contributed by atoms with Gasteiger partial charge in [-0.3, -0.25) is 9.59 Å². The molecule has 4 heteroatoms. The van der Waals surface area contributed by atoms with Gasteiger partial charge in [0.2, 0.25) is 0 Å². The quantitative estimate of drug-likeness (QED) is 0.646. The lowest BCUT2D eigenvalue weighted by molar-refractivity contribution is -0.136. The zero-order chi connectivity index (χ0) is 18.6. The van der Waals surface area contributed by atoms with Crippen molar-refractivity contribution in [1.82, 2.24) is 0 Å². The molecule has 2 saturated carbocycles. The zero-order valence-electron chi connectivity index (χ0n) is 16.9. The van der Waals surface area contributed by atoms with Crippen LogP contribution < -0.4 is 0 Å². The molecule has 2 fully saturated rings. The summed E-state index contributed by atoms with van der Waals surface area (Å²) in [7, 11) is -1.92. The number of carbonyl (C=O) groups is 2. The molecular weight excluding hydrogens is 316 g/mol. The Morgan fingerprint density at radius 2 is 1.58 bits per heavy atom. The Labute approximate surface area is 149 Å². The van der Waals surface area contributed by atoms with Gasteiger partial charge in [-0.25, -0.2) is 0 Å². The van der Waals surface area contributed by atoms with Gasteiger partial charge in [-0.1, -0.05) is 41.5 Å². The van der Waals surface area contributed by atoms with Crippen molar-refractivity contribution in [2.75, 3.05) is 0 Å². The van der Waals surface area contributed by atoms with Crippen molar-refractivity contribution >= 4 is 19.9 Å². The molecule has 0 saturated heterocycles. The summed E-state index contributed by atoms with van der Waals surface area (Å²) in [6.07, 6.45) is 3.34. The van der Waals surface area contributed by atoms with Gasteiger partial charge in [-0.15, -0.1) is 0 Å². The number of ketones is 2. The zero-order valence-corrected chi connectivity index (χ0v) is 17.9. The van der Waals surface area contributed by atoms with Crippen LogP contribution in [-0.2, 0) is 14.0 Å². The Morgan fingerprint density at radius 3 is 2.12 bits per heavy atom. The van der Waals surface area contributed by atoms with Crippen molar-refractivity contribution in [3.05, 3.63) is 0 Å². The molecule has 24 heavy (non-hydrogen) atoms. The standard InChI is InChI=1S/C20H36O3Si/c1-18(2,3)24(7,8)23-17-10-9-15-16(22)13-19(4,5)11-14(21)12-20(15,17)6/h15,17H,9-13H2,1-8H3/t15-,17+,20+/m1/s1. The van der Waals surface area contributed by atoms with Gasteiger partial charge in [0.05, 0.1) is 6.10 Å². The number of hydrogen-bond acceptors (Lipinski definition) is 3. The fourth-order valence-corrected chi connectivity index (χ4v) is 5.82. The van der Waals surface area contributed by atoms with Crippen LogP contribution in [0.2, 0.25) is 18.1 Å². The van der Waals surface area contributed by atoms with Gasteiger partial charge in [0, 0.05) is 30.6 Å². The number of rotatable bonds is 2. The first-order valence-corrected chi connectivity index (χ1v) is 12.3. The third-order valence-electron chi connectivity index (χ3n) is 6.79. The molecule has 3 nitrogen and oxygen atoms in total. The van der Waals surface area contributed by atoms with E-state index in [1.54, 1.807) is 0 Å². The minimum absolute atomic E-state index is 0.0178. The fraction of sp³-hybridized carbons (Fsp3) is 0.900. The summed E-state index contributed by atoms with van der Waals surface area (Å²) in [5, 5.41) is 0.138. The first-order valence-electron chi connectivity index (χ1n) is 9.40. The lowest BCUT2D eigenvalue weighted by Crippen LogP contribution is -2.50. The summed E-state index contributed by atoms with van der Waals surface area (Å²) in [6, 6.07) is 0. The normalized spacial score (nSPS) is 34.7. The molecule has 0 heterocycles. The van der Waals surface area contributed by atoms with Crippen LogP contribution in [0.15, 0.2) is 0 Å². The van der Waals surface area contributed by atoms with Gasteiger partial charge < -0.3 is 4.43 Å². The minimum Gasteiger partial charge on any atom is -0.413 e. The van der Waals surface area contributed by atoms with Gasteiger partial charge in [0.1, 0.15) is 11.6 Å². The molecule has 0 amide bonds. The molecule has 0 aromatic carbocycles. The predicted octanol–water partition coefficient (Wildman–Crippen LogP) is 5.14. The highest BCUT2D eigenvalue weighted by Crippen LogP contribution is 2.53. The molecule has 0 spiro atoms. The number of hydrogen-bond donors (Lipinski definition) is 0. The lowest BCUT2D eigenvalue weighted by Gasteiger charge is -2.45. The first-order chi connectivity index (χ1) is 10.7. The van der Waals surface area contributed by atoms with E-state index in [0.29, 0.717) is 30.8 Å². The van der Waals surface area contributed by atoms with Crippen LogP contribution in [0.3, 0.4) is 0 Å². The topological polar surface area (TPSA) is 43.4 Å². The number of fused-ring (bicyclic) bond motifs is 1. The molecular formula is C20H36O3Si. The third-order valence-corrected chi connectivity index (χ3v) is 11.3. The maximum absolute atomic E-state index is 12.9. The van der Waals surface area contributed by atoms with E-state index in [9.17, 15) is 9.59 Å². The van der Waals surface area contributed by atoms with Crippen LogP contribution in [0.1, 0.15) is 73.6 Å². The predicted molar refractivity (Wildman–Crippen MR) is 101 cm³/mol. The molecule has 0 aromatic heterocycles. The molecule has 0 radical (unpaired) electrons. The van der Waals surface area contributed by atoms with Crippen LogP contribution in [0.5, 0.6) is 0 Å². The summed E-state index contributed by atoms with van der Waals surface area (Å²) in [4.78, 5) is 25.6. The van der Waals surface area contributed by atoms with Gasteiger partial charge in [-0.2, -0.15) is 0 Å². The molecule has 138 valence electrons. The average molecular weight is 353 g/mol. The van der Waals surface area contributed by atoms with Crippen molar-refractivity contribution in [2.45, 2.75) is 97.9 Å². The van der Waals surface area contributed by atoms with E-state index in [4.69, 9.17) is 4.43 Å². The van der Waals surface area contributed by atoms with E-state index in [2.05, 4.69) is 40.8 Å². The van der Waals surface area contributed by atoms with Gasteiger partial charge >= 0.3 is 0 Å². The van der Waals surface area contributed by atoms with E-state index in [1.807, 2.05) is 13.8 Å². The van der Waals surface area contributed by atoms with E-state index in [1.165, 1.54) is 0 Å². The molecule has 2 aliphatic carbocycles. The average Bonchev–Trinajstić information content (AvgIpc) is 2.61. The van der Waals surface area contributed by atoms with Crippen molar-refractivity contribution in [2.24, 2.45) is 16.7 Å². The second-order valence-corrected chi connectivity index (χ2v) is 15.5. The number of carbonyl (C=O) groups excluding carboxylic acids is 2. The summed E-state index contributed by atoms with van der Waals surface area (Å²) in [6.45, 7) is 17.5. The molecule has 0 aromatic rings. The van der Waals surface area contributed by atoms with E-state index in [-0.39, 0.29) is 27.9 Å². The maximum atomic E-state index is 12.9. The SMILES string of the molecule is CC1(C)CC(=O)C[C@]2(C)[C@@H](O[Si](C)(C)C(C)(C)C)CC[C@@H]2C(=O)C1. The smallest absolute Gasteiger partial charge is 0.192 e. The second-order valence-electron chi connectivity index (χ2n) is 10.7. The second kappa shape index (κ2) is 6.05. The fourth-order valence-electron chi connectivity index (χ4n) is 4.37. The molecule has 2 aliphatic rings. The highest BCUT2D eigenvalue weighted by Gasteiger charge is 2.55. The minimum atomic E-state index is -1.92. The Kier molecular flexibility index (Phi) is 5.00. The molecule has 2 rings (SSSR count). The van der Waals surface area contributed by atoms with Gasteiger partial charge in [0.15, 0.2) is 8.32 Å². The van der Waals surface area contributed by atoms with Crippen LogP contribution in [-0.4, -0.2) is 26.0 Å². The monoisotopic (exact) mass is 352 g/mol. The molecule has 0 unspecified atom stereocenters. The van der Waals surface area contributed by atoms with Crippen LogP contribution in [0.25, 0.3) is 0 Å². The van der Waals surface area contributed by atoms with E-state index in [0.717, 1.165) is 12.8 Å². The Bertz CT molecular complexity index is 529. The summed E-state index contributed by atoms with van der Waals surface area (Å²) in [5.41, 5.74) is -0.520. The molecule has 0 bridgehead atoms. The number of Topliss-reactive ketones (excluding diaryl/α,β-unsaturated/α-hetero) is 2. The third kappa shape index (κ3) is 3.69. The van der Waals surface area contributed by atoms with Crippen molar-refractivity contribution in [1.29, 1.82) is 0 Å². The maximum Gasteiger partial charge on any atom is 0.192 e. The molecule has 0 aliphatic heterocycles. The van der Waals surface area contributed by atoms with E-state index >= 15 is 0 Å². The molecule has 3 atom stereocenters. The highest BCUT2D eigenvalue weighted by molar-refractivity contribution is 6.74. The van der Waals surface area contributed by atoms with Crippen molar-refractivity contribution < 1.29 is 14.0 Å². The Balaban J connectivity index is 2.30. The Morgan fingerprint density at radius 1 is 1.00 bits per heavy atom.